The van der Waals surface area contributed by atoms with Gasteiger partial charge < -0.3 is 11.1 Å². The van der Waals surface area contributed by atoms with Gasteiger partial charge in [0.1, 0.15) is 6.07 Å². The van der Waals surface area contributed by atoms with E-state index in [1.807, 2.05) is 36.4 Å². The lowest BCUT2D eigenvalue weighted by molar-refractivity contribution is 1.04. The van der Waals surface area contributed by atoms with Crippen LogP contribution < -0.4 is 11.1 Å². The van der Waals surface area contributed by atoms with Crippen LogP contribution in [0.5, 0.6) is 0 Å². The van der Waals surface area contributed by atoms with Gasteiger partial charge in [0.2, 0.25) is 11.9 Å². The second-order valence-corrected chi connectivity index (χ2v) is 5.24. The number of anilines is 3. The molecule has 0 amide bonds. The maximum Gasteiger partial charge on any atom is 0.232 e. The molecule has 0 aliphatic heterocycles. The van der Waals surface area contributed by atoms with Gasteiger partial charge in [0.15, 0.2) is 5.82 Å². The van der Waals surface area contributed by atoms with Crippen LogP contribution in [-0.4, -0.2) is 15.0 Å². The van der Waals surface area contributed by atoms with Gasteiger partial charge in [-0.3, -0.25) is 0 Å². The van der Waals surface area contributed by atoms with Crippen molar-refractivity contribution in [1.82, 2.24) is 15.0 Å². The molecule has 0 aliphatic carbocycles. The Balaban J connectivity index is 1.94. The Morgan fingerprint density at radius 1 is 0.962 bits per heavy atom. The molecule has 1 heterocycles. The highest BCUT2D eigenvalue weighted by atomic mass is 15.2. The third kappa shape index (κ3) is 3.99. The minimum absolute atomic E-state index is 0.00871. The smallest absolute Gasteiger partial charge is 0.232 e. The van der Waals surface area contributed by atoms with E-state index in [1.165, 1.54) is 0 Å². The number of hydrogen-bond acceptors (Lipinski definition) is 7. The summed E-state index contributed by atoms with van der Waals surface area (Å²) in [6.07, 6.45) is 1.63. The van der Waals surface area contributed by atoms with Crippen molar-refractivity contribution in [3.63, 3.8) is 0 Å². The molecule has 124 valence electrons. The molecule has 26 heavy (non-hydrogen) atoms. The summed E-state index contributed by atoms with van der Waals surface area (Å²) in [5.41, 5.74) is 8.08. The van der Waals surface area contributed by atoms with Gasteiger partial charge in [0.05, 0.1) is 17.2 Å². The summed E-state index contributed by atoms with van der Waals surface area (Å²) in [5, 5.41) is 21.4. The lowest BCUT2D eigenvalue weighted by Crippen LogP contribution is -2.06. The monoisotopic (exact) mass is 339 g/mol. The molecule has 7 nitrogen and oxygen atoms in total. The van der Waals surface area contributed by atoms with Crippen LogP contribution in [-0.2, 0) is 0 Å². The van der Waals surface area contributed by atoms with E-state index >= 15 is 0 Å². The number of para-hydroxylation sites is 1. The number of nitriles is 2. The van der Waals surface area contributed by atoms with Crippen molar-refractivity contribution >= 4 is 29.2 Å². The van der Waals surface area contributed by atoms with E-state index < -0.39 is 0 Å². The zero-order valence-corrected chi connectivity index (χ0v) is 13.6. The molecule has 3 aromatic rings. The van der Waals surface area contributed by atoms with Gasteiger partial charge in [0.25, 0.3) is 0 Å². The van der Waals surface area contributed by atoms with Crippen LogP contribution in [0.1, 0.15) is 17.0 Å². The van der Waals surface area contributed by atoms with Crippen molar-refractivity contribution in [2.75, 3.05) is 11.1 Å². The van der Waals surface area contributed by atoms with Gasteiger partial charge >= 0.3 is 0 Å². The second kappa shape index (κ2) is 7.56. The number of nitrogens with zero attached hydrogens (tertiary/aromatic N) is 5. The zero-order chi connectivity index (χ0) is 18.4. The first-order chi connectivity index (χ1) is 12.7. The molecule has 3 rings (SSSR count). The maximum absolute atomic E-state index is 9.48. The molecule has 0 fully saturated rings. The first-order valence-corrected chi connectivity index (χ1v) is 7.64. The van der Waals surface area contributed by atoms with Crippen LogP contribution in [0.15, 0.2) is 54.6 Å². The fourth-order valence-electron chi connectivity index (χ4n) is 2.19. The minimum atomic E-state index is 0.00871. The quantitative estimate of drug-likeness (QED) is 0.699. The van der Waals surface area contributed by atoms with Crippen LogP contribution >= 0.6 is 0 Å². The van der Waals surface area contributed by atoms with Gasteiger partial charge in [-0.05, 0) is 35.9 Å². The van der Waals surface area contributed by atoms with E-state index in [9.17, 15) is 5.26 Å². The fourth-order valence-corrected chi connectivity index (χ4v) is 2.19. The summed E-state index contributed by atoms with van der Waals surface area (Å²) in [4.78, 5) is 12.4. The average Bonchev–Trinajstić information content (AvgIpc) is 2.67. The van der Waals surface area contributed by atoms with Gasteiger partial charge in [-0.2, -0.15) is 25.5 Å². The van der Waals surface area contributed by atoms with Crippen LogP contribution in [0.4, 0.5) is 17.6 Å². The third-order valence-electron chi connectivity index (χ3n) is 3.39. The Morgan fingerprint density at radius 2 is 1.69 bits per heavy atom. The minimum Gasteiger partial charge on any atom is -0.368 e. The van der Waals surface area contributed by atoms with Crippen LogP contribution in [0, 0.1) is 22.7 Å². The first kappa shape index (κ1) is 16.6. The SMILES string of the molecule is N#C/C(=C/c1ccc(C#N)cc1)c1nc(N)nc(Nc2ccccc2)n1. The Hall–Kier alpha value is -4.23. The van der Waals surface area contributed by atoms with Crippen molar-refractivity contribution in [2.24, 2.45) is 0 Å². The number of allylic oxidation sites excluding steroid dienone is 1. The Bertz CT molecular complexity index is 1030. The van der Waals surface area contributed by atoms with E-state index in [0.29, 0.717) is 5.56 Å². The van der Waals surface area contributed by atoms with Crippen molar-refractivity contribution in [3.8, 4) is 12.1 Å². The van der Waals surface area contributed by atoms with Crippen molar-refractivity contribution < 1.29 is 0 Å². The van der Waals surface area contributed by atoms with E-state index in [4.69, 9.17) is 11.0 Å². The molecule has 3 N–H and O–H groups in total. The highest BCUT2D eigenvalue weighted by Gasteiger charge is 2.10. The number of nitrogens with one attached hydrogen (secondary N) is 1. The van der Waals surface area contributed by atoms with Gasteiger partial charge in [-0.25, -0.2) is 0 Å². The number of rotatable bonds is 4. The number of aromatic nitrogens is 3. The van der Waals surface area contributed by atoms with Crippen molar-refractivity contribution in [2.45, 2.75) is 0 Å². The molecule has 0 aliphatic rings. The van der Waals surface area contributed by atoms with Crippen molar-refractivity contribution in [1.29, 1.82) is 10.5 Å². The number of benzene rings is 2. The topological polar surface area (TPSA) is 124 Å². The summed E-state index contributed by atoms with van der Waals surface area (Å²) in [5.74, 6) is 0.428. The maximum atomic E-state index is 9.48. The Kier molecular flexibility index (Phi) is 4.83. The van der Waals surface area contributed by atoms with Crippen LogP contribution in [0.2, 0.25) is 0 Å². The molecular weight excluding hydrogens is 326 g/mol. The predicted octanol–water partition coefficient (Wildman–Crippen LogP) is 3.13. The summed E-state index contributed by atoms with van der Waals surface area (Å²) in [6, 6.07) is 20.3. The van der Waals surface area contributed by atoms with Crippen LogP contribution in [0.25, 0.3) is 11.6 Å². The molecular formula is C19H13N7. The normalized spacial score (nSPS) is 10.6. The third-order valence-corrected chi connectivity index (χ3v) is 3.39. The highest BCUT2D eigenvalue weighted by Crippen LogP contribution is 2.18. The van der Waals surface area contributed by atoms with E-state index in [1.54, 1.807) is 30.3 Å². The lowest BCUT2D eigenvalue weighted by atomic mass is 10.1. The fraction of sp³-hybridized carbons (Fsp3) is 0. The molecule has 7 heteroatoms. The Morgan fingerprint density at radius 3 is 2.35 bits per heavy atom. The molecule has 0 saturated heterocycles. The molecule has 0 saturated carbocycles. The first-order valence-electron chi connectivity index (χ1n) is 7.64. The molecule has 0 radical (unpaired) electrons. The molecule has 0 unspecified atom stereocenters. The molecule has 0 atom stereocenters. The zero-order valence-electron chi connectivity index (χ0n) is 13.6. The lowest BCUT2D eigenvalue weighted by Gasteiger charge is -2.07. The van der Waals surface area contributed by atoms with Gasteiger partial charge in [-0.15, -0.1) is 0 Å². The van der Waals surface area contributed by atoms with Crippen molar-refractivity contribution in [3.05, 3.63) is 71.5 Å². The number of nitrogens with two attached hydrogens (primary N) is 1. The Labute approximate surface area is 150 Å². The van der Waals surface area contributed by atoms with Gasteiger partial charge in [0, 0.05) is 5.69 Å². The molecule has 0 bridgehead atoms. The van der Waals surface area contributed by atoms with E-state index in [2.05, 4.69) is 26.3 Å². The predicted molar refractivity (Wildman–Crippen MR) is 98.6 cm³/mol. The highest BCUT2D eigenvalue weighted by molar-refractivity contribution is 5.87. The standard InChI is InChI=1S/C19H13N7/c20-11-14-8-6-13(7-9-14)10-15(12-21)17-24-18(22)26-19(25-17)23-16-4-2-1-3-5-16/h1-10H,(H3,22,23,24,25,26)/b15-10-. The van der Waals surface area contributed by atoms with E-state index in [-0.39, 0.29) is 23.3 Å². The average molecular weight is 339 g/mol. The van der Waals surface area contributed by atoms with E-state index in [0.717, 1.165) is 11.3 Å². The van der Waals surface area contributed by atoms with Crippen LogP contribution in [0.3, 0.4) is 0 Å². The largest absolute Gasteiger partial charge is 0.368 e. The summed E-state index contributed by atoms with van der Waals surface area (Å²) in [7, 11) is 0. The summed E-state index contributed by atoms with van der Waals surface area (Å²) >= 11 is 0. The molecule has 2 aromatic carbocycles. The van der Waals surface area contributed by atoms with Gasteiger partial charge in [-0.1, -0.05) is 30.3 Å². The number of nitrogen functional groups attached to an aromatic ring is 1. The summed E-state index contributed by atoms with van der Waals surface area (Å²) < 4.78 is 0. The molecule has 0 spiro atoms. The summed E-state index contributed by atoms with van der Waals surface area (Å²) in [6.45, 7) is 0. The second-order valence-electron chi connectivity index (χ2n) is 5.24. The number of hydrogen-bond donors (Lipinski definition) is 2. The molecule has 1 aromatic heterocycles.